The molecule has 0 saturated heterocycles. The third kappa shape index (κ3) is 3.17. The quantitative estimate of drug-likeness (QED) is 0.216. The average Bonchev–Trinajstić information content (AvgIpc) is 3.23. The molecule has 0 amide bonds. The molecule has 0 unspecified atom stereocenters. The van der Waals surface area contributed by atoms with Crippen LogP contribution in [-0.4, -0.2) is 28.3 Å². The number of alkyl halides is 1. The van der Waals surface area contributed by atoms with E-state index in [4.69, 9.17) is 0 Å². The summed E-state index contributed by atoms with van der Waals surface area (Å²) in [7, 11) is 4.43. The molecule has 3 aromatic carbocycles. The number of nitrogens with zero attached hydrogens (tertiary/aromatic N) is 4. The third-order valence-electron chi connectivity index (χ3n) is 6.49. The van der Waals surface area contributed by atoms with E-state index in [1.807, 2.05) is 0 Å². The van der Waals surface area contributed by atoms with E-state index in [2.05, 4.69) is 128 Å². The van der Waals surface area contributed by atoms with Gasteiger partial charge in [-0.2, -0.15) is 0 Å². The van der Waals surface area contributed by atoms with E-state index in [1.54, 1.807) is 0 Å². The van der Waals surface area contributed by atoms with Gasteiger partial charge in [0.05, 0.1) is 0 Å². The Bertz CT molecular complexity index is 1140. The number of fused-ring (bicyclic) bond motifs is 1. The molecule has 0 bridgehead atoms. The van der Waals surface area contributed by atoms with Crippen LogP contribution in [-0.2, 0) is 0 Å². The van der Waals surface area contributed by atoms with Gasteiger partial charge in [0.15, 0.2) is 0 Å². The van der Waals surface area contributed by atoms with Gasteiger partial charge in [-0.25, -0.2) is 0 Å². The number of para-hydroxylation sites is 2. The SMILES string of the molecule is Cc1c(N2c3ccccc3N(C)[C@@H]2C)cccc1N1C=C(c2ccccc2)N(C)I1C. The van der Waals surface area contributed by atoms with E-state index in [9.17, 15) is 0 Å². The van der Waals surface area contributed by atoms with E-state index < -0.39 is 20.4 Å². The van der Waals surface area contributed by atoms with Gasteiger partial charge in [0.2, 0.25) is 0 Å². The van der Waals surface area contributed by atoms with Crippen molar-refractivity contribution in [1.29, 1.82) is 0 Å². The van der Waals surface area contributed by atoms with Crippen LogP contribution in [0.3, 0.4) is 0 Å². The normalized spacial score (nSPS) is 19.2. The summed E-state index contributed by atoms with van der Waals surface area (Å²) < 4.78 is 5.06. The van der Waals surface area contributed by atoms with Crippen LogP contribution in [0, 0.1) is 6.92 Å². The molecule has 5 heteroatoms. The maximum atomic E-state index is 2.56. The first-order valence-electron chi connectivity index (χ1n) is 10.6. The van der Waals surface area contributed by atoms with E-state index >= 15 is 0 Å². The molecule has 2 heterocycles. The van der Waals surface area contributed by atoms with Gasteiger partial charge in [-0.3, -0.25) is 0 Å². The van der Waals surface area contributed by atoms with E-state index in [0.717, 1.165) is 0 Å². The van der Waals surface area contributed by atoms with Gasteiger partial charge in [0.25, 0.3) is 0 Å². The van der Waals surface area contributed by atoms with Gasteiger partial charge in [0, 0.05) is 0 Å². The third-order valence-corrected chi connectivity index (χ3v) is 11.4. The molecule has 0 aromatic heterocycles. The number of halogens is 1. The molecular weight excluding hydrogens is 495 g/mol. The molecule has 3 aromatic rings. The average molecular weight is 524 g/mol. The Balaban J connectivity index is 1.58. The van der Waals surface area contributed by atoms with Gasteiger partial charge in [-0.1, -0.05) is 0 Å². The zero-order chi connectivity index (χ0) is 21.7. The summed E-state index contributed by atoms with van der Waals surface area (Å²) in [4.78, 5) is 7.25. The van der Waals surface area contributed by atoms with Crippen molar-refractivity contribution in [2.45, 2.75) is 20.0 Å². The summed E-state index contributed by atoms with van der Waals surface area (Å²) in [6, 6.07) is 26.2. The minimum atomic E-state index is -1.55. The Labute approximate surface area is 193 Å². The molecule has 0 radical (unpaired) electrons. The summed E-state index contributed by atoms with van der Waals surface area (Å²) in [5.74, 6) is 0. The number of benzene rings is 3. The molecule has 0 aliphatic carbocycles. The van der Waals surface area contributed by atoms with Crippen molar-refractivity contribution in [2.75, 3.05) is 31.9 Å². The first kappa shape index (κ1) is 20.2. The molecule has 2 aliphatic rings. The van der Waals surface area contributed by atoms with Crippen LogP contribution < -0.4 is 12.9 Å². The van der Waals surface area contributed by atoms with Crippen LogP contribution in [0.25, 0.3) is 5.70 Å². The summed E-state index contributed by atoms with van der Waals surface area (Å²) in [5, 5.41) is 0. The van der Waals surface area contributed by atoms with Crippen LogP contribution in [0.4, 0.5) is 22.7 Å². The second-order valence-corrected chi connectivity index (χ2v) is 13.0. The van der Waals surface area contributed by atoms with Crippen molar-refractivity contribution < 1.29 is 0 Å². The van der Waals surface area contributed by atoms with E-state index in [-0.39, 0.29) is 6.17 Å². The van der Waals surface area contributed by atoms with Gasteiger partial charge in [-0.15, -0.1) is 0 Å². The van der Waals surface area contributed by atoms with Crippen LogP contribution in [0.5, 0.6) is 0 Å². The summed E-state index contributed by atoms with van der Waals surface area (Å²) in [5.41, 5.74) is 9.12. The van der Waals surface area contributed by atoms with Crippen molar-refractivity contribution in [1.82, 2.24) is 3.11 Å². The standard InChI is InChI=1S/C26H29IN4/c1-19-22(30-18-26(29(5)27(30)3)21-12-7-6-8-13-21)16-11-17-23(19)31-20(2)28(4)24-14-9-10-15-25(24)31/h6-18,20H,1-5H3/t20-/m0/s1. The Kier molecular flexibility index (Phi) is 5.08. The summed E-state index contributed by atoms with van der Waals surface area (Å²) in [6.07, 6.45) is 2.64. The van der Waals surface area contributed by atoms with Crippen LogP contribution >= 0.6 is 20.4 Å². The van der Waals surface area contributed by atoms with Crippen molar-refractivity contribution in [3.8, 4) is 0 Å². The molecule has 4 nitrogen and oxygen atoms in total. The molecule has 2 aliphatic heterocycles. The number of rotatable bonds is 3. The van der Waals surface area contributed by atoms with Crippen molar-refractivity contribution in [2.24, 2.45) is 0 Å². The van der Waals surface area contributed by atoms with E-state index in [1.165, 1.54) is 39.6 Å². The topological polar surface area (TPSA) is 13.0 Å². The molecule has 5 rings (SSSR count). The molecule has 0 saturated carbocycles. The zero-order valence-electron chi connectivity index (χ0n) is 18.7. The summed E-state index contributed by atoms with van der Waals surface area (Å²) in [6.45, 7) is 4.55. The first-order chi connectivity index (χ1) is 15.0. The Morgan fingerprint density at radius 2 is 1.35 bits per heavy atom. The molecule has 0 N–H and O–H groups in total. The van der Waals surface area contributed by atoms with E-state index in [0.29, 0.717) is 0 Å². The second kappa shape index (κ2) is 7.79. The Hall–Kier alpha value is -2.67. The molecule has 31 heavy (non-hydrogen) atoms. The molecular formula is C26H29IN4. The van der Waals surface area contributed by atoms with Crippen molar-refractivity contribution in [3.63, 3.8) is 0 Å². The number of hydrogen-bond donors (Lipinski definition) is 0. The van der Waals surface area contributed by atoms with Gasteiger partial charge in [-0.05, 0) is 0 Å². The molecule has 0 spiro atoms. The number of hydrogen-bond acceptors (Lipinski definition) is 4. The van der Waals surface area contributed by atoms with Gasteiger partial charge >= 0.3 is 194 Å². The zero-order valence-corrected chi connectivity index (χ0v) is 20.9. The predicted octanol–water partition coefficient (Wildman–Crippen LogP) is 6.65. The minimum absolute atomic E-state index is 0.277. The van der Waals surface area contributed by atoms with Crippen LogP contribution in [0.1, 0.15) is 18.1 Å². The fourth-order valence-corrected chi connectivity index (χ4v) is 8.35. The Morgan fingerprint density at radius 1 is 0.742 bits per heavy atom. The van der Waals surface area contributed by atoms with Crippen molar-refractivity contribution >= 4 is 48.8 Å². The van der Waals surface area contributed by atoms with Gasteiger partial charge < -0.3 is 0 Å². The predicted molar refractivity (Wildman–Crippen MR) is 142 cm³/mol. The monoisotopic (exact) mass is 524 g/mol. The maximum absolute atomic E-state index is 2.56. The fourth-order valence-electron chi connectivity index (χ4n) is 4.55. The second-order valence-electron chi connectivity index (χ2n) is 8.11. The van der Waals surface area contributed by atoms with Gasteiger partial charge in [0.1, 0.15) is 0 Å². The molecule has 1 atom stereocenters. The van der Waals surface area contributed by atoms with Crippen molar-refractivity contribution in [3.05, 3.63) is 90.1 Å². The Morgan fingerprint density at radius 3 is 2.10 bits per heavy atom. The number of anilines is 4. The first-order valence-corrected chi connectivity index (χ1v) is 14.7. The molecule has 160 valence electrons. The fraction of sp³-hybridized carbons (Fsp3) is 0.231. The van der Waals surface area contributed by atoms with Crippen LogP contribution in [0.2, 0.25) is 0 Å². The molecule has 0 fully saturated rings. The summed E-state index contributed by atoms with van der Waals surface area (Å²) >= 11 is -1.55. The van der Waals surface area contributed by atoms with Crippen LogP contribution in [0.15, 0.2) is 79.0 Å².